The molecule has 0 atom stereocenters. The standard InChI is InChI=1S/C13H16N2O3S/c1-17-11-6-4-10(5-7-11)12-14-15-13(18-12)19-9-3-2-8-16/h4-7,16H,2-3,8-9H2,1H3. The predicted octanol–water partition coefficient (Wildman–Crippen LogP) is 2.61. The van der Waals surface area contributed by atoms with Gasteiger partial charge in [0, 0.05) is 17.9 Å². The number of hydrogen-bond donors (Lipinski definition) is 1. The molecule has 1 aromatic heterocycles. The highest BCUT2D eigenvalue weighted by Gasteiger charge is 2.08. The zero-order valence-corrected chi connectivity index (χ0v) is 11.5. The summed E-state index contributed by atoms with van der Waals surface area (Å²) in [5, 5.41) is 17.2. The van der Waals surface area contributed by atoms with Crippen molar-refractivity contribution in [3.8, 4) is 17.2 Å². The first-order valence-electron chi connectivity index (χ1n) is 6.05. The average Bonchev–Trinajstić information content (AvgIpc) is 2.92. The second-order valence-electron chi connectivity index (χ2n) is 3.88. The zero-order chi connectivity index (χ0) is 13.5. The molecule has 19 heavy (non-hydrogen) atoms. The van der Waals surface area contributed by atoms with Crippen LogP contribution in [0.2, 0.25) is 0 Å². The number of hydrogen-bond acceptors (Lipinski definition) is 6. The van der Waals surface area contributed by atoms with E-state index in [0.717, 1.165) is 29.9 Å². The van der Waals surface area contributed by atoms with E-state index in [-0.39, 0.29) is 6.61 Å². The summed E-state index contributed by atoms with van der Waals surface area (Å²) < 4.78 is 10.7. The number of aliphatic hydroxyl groups excluding tert-OH is 1. The molecular formula is C13H16N2O3S. The second kappa shape index (κ2) is 7.16. The van der Waals surface area contributed by atoms with Crippen LogP contribution in [0.5, 0.6) is 5.75 Å². The average molecular weight is 280 g/mol. The van der Waals surface area contributed by atoms with Gasteiger partial charge in [-0.1, -0.05) is 11.8 Å². The summed E-state index contributed by atoms with van der Waals surface area (Å²) in [4.78, 5) is 0. The molecule has 0 unspecified atom stereocenters. The summed E-state index contributed by atoms with van der Waals surface area (Å²) in [5.41, 5.74) is 0.871. The van der Waals surface area contributed by atoms with Gasteiger partial charge in [-0.3, -0.25) is 0 Å². The normalized spacial score (nSPS) is 10.6. The van der Waals surface area contributed by atoms with Gasteiger partial charge in [0.05, 0.1) is 7.11 Å². The zero-order valence-electron chi connectivity index (χ0n) is 10.7. The molecule has 6 heteroatoms. The van der Waals surface area contributed by atoms with Crippen molar-refractivity contribution in [1.82, 2.24) is 10.2 Å². The molecule has 5 nitrogen and oxygen atoms in total. The molecule has 1 aromatic carbocycles. The minimum absolute atomic E-state index is 0.224. The Bertz CT molecular complexity index is 499. The molecule has 0 aliphatic carbocycles. The molecule has 0 radical (unpaired) electrons. The number of aliphatic hydroxyl groups is 1. The van der Waals surface area contributed by atoms with Gasteiger partial charge in [-0.2, -0.15) is 0 Å². The number of benzene rings is 1. The number of nitrogens with zero attached hydrogens (tertiary/aromatic N) is 2. The molecule has 0 aliphatic rings. The van der Waals surface area contributed by atoms with Gasteiger partial charge in [0.25, 0.3) is 5.22 Å². The lowest BCUT2D eigenvalue weighted by atomic mass is 10.2. The van der Waals surface area contributed by atoms with Crippen LogP contribution in [-0.2, 0) is 0 Å². The highest BCUT2D eigenvalue weighted by Crippen LogP contribution is 2.25. The fraction of sp³-hybridized carbons (Fsp3) is 0.385. The summed E-state index contributed by atoms with van der Waals surface area (Å²) in [5.74, 6) is 2.17. The van der Waals surface area contributed by atoms with E-state index in [2.05, 4.69) is 10.2 Å². The van der Waals surface area contributed by atoms with Gasteiger partial charge in [0.1, 0.15) is 5.75 Å². The number of methoxy groups -OCH3 is 1. The molecule has 2 aromatic rings. The molecule has 2 rings (SSSR count). The van der Waals surface area contributed by atoms with Crippen molar-refractivity contribution >= 4 is 11.8 Å². The van der Waals surface area contributed by atoms with Crippen LogP contribution in [0, 0.1) is 0 Å². The van der Waals surface area contributed by atoms with Gasteiger partial charge in [-0.05, 0) is 37.1 Å². The molecule has 0 fully saturated rings. The van der Waals surface area contributed by atoms with Gasteiger partial charge >= 0.3 is 0 Å². The number of thioether (sulfide) groups is 1. The Labute approximate surface area is 116 Å². The van der Waals surface area contributed by atoms with E-state index in [1.165, 1.54) is 11.8 Å². The van der Waals surface area contributed by atoms with Crippen LogP contribution in [-0.4, -0.2) is 34.8 Å². The molecule has 0 saturated carbocycles. The van der Waals surface area contributed by atoms with Crippen molar-refractivity contribution < 1.29 is 14.3 Å². The molecule has 0 bridgehead atoms. The van der Waals surface area contributed by atoms with Crippen molar-refractivity contribution in [2.75, 3.05) is 19.5 Å². The van der Waals surface area contributed by atoms with Crippen LogP contribution < -0.4 is 4.74 Å². The first kappa shape index (κ1) is 13.9. The van der Waals surface area contributed by atoms with Crippen LogP contribution in [0.25, 0.3) is 11.5 Å². The summed E-state index contributed by atoms with van der Waals surface area (Å²) in [6.45, 7) is 0.224. The van der Waals surface area contributed by atoms with E-state index in [4.69, 9.17) is 14.3 Å². The Morgan fingerprint density at radius 2 is 2.00 bits per heavy atom. The second-order valence-corrected chi connectivity index (χ2v) is 4.93. The quantitative estimate of drug-likeness (QED) is 0.621. The van der Waals surface area contributed by atoms with Gasteiger partial charge in [0.15, 0.2) is 0 Å². The molecule has 0 spiro atoms. The minimum Gasteiger partial charge on any atom is -0.497 e. The van der Waals surface area contributed by atoms with Crippen LogP contribution in [0.4, 0.5) is 0 Å². The molecule has 1 heterocycles. The van der Waals surface area contributed by atoms with Crippen LogP contribution in [0.1, 0.15) is 12.8 Å². The van der Waals surface area contributed by atoms with E-state index in [1.54, 1.807) is 7.11 Å². The smallest absolute Gasteiger partial charge is 0.276 e. The maximum Gasteiger partial charge on any atom is 0.276 e. The topological polar surface area (TPSA) is 68.4 Å². The highest BCUT2D eigenvalue weighted by atomic mass is 32.2. The SMILES string of the molecule is COc1ccc(-c2nnc(SCCCCO)o2)cc1. The van der Waals surface area contributed by atoms with Gasteiger partial charge in [-0.15, -0.1) is 10.2 Å². The molecule has 102 valence electrons. The summed E-state index contributed by atoms with van der Waals surface area (Å²) in [7, 11) is 1.63. The van der Waals surface area contributed by atoms with Gasteiger partial charge in [-0.25, -0.2) is 0 Å². The largest absolute Gasteiger partial charge is 0.497 e. The van der Waals surface area contributed by atoms with Gasteiger partial charge < -0.3 is 14.3 Å². The van der Waals surface area contributed by atoms with Crippen molar-refractivity contribution in [1.29, 1.82) is 0 Å². The third-order valence-electron chi connectivity index (χ3n) is 2.52. The minimum atomic E-state index is 0.224. The number of rotatable bonds is 7. The first-order valence-corrected chi connectivity index (χ1v) is 7.03. The fourth-order valence-corrected chi connectivity index (χ4v) is 2.25. The Morgan fingerprint density at radius 3 is 2.68 bits per heavy atom. The first-order chi connectivity index (χ1) is 9.33. The van der Waals surface area contributed by atoms with Crippen molar-refractivity contribution in [2.45, 2.75) is 18.1 Å². The predicted molar refractivity (Wildman–Crippen MR) is 73.3 cm³/mol. The number of aromatic nitrogens is 2. The molecule has 1 N–H and O–H groups in total. The van der Waals surface area contributed by atoms with E-state index in [0.29, 0.717) is 11.1 Å². The van der Waals surface area contributed by atoms with Crippen molar-refractivity contribution in [2.24, 2.45) is 0 Å². The van der Waals surface area contributed by atoms with Crippen LogP contribution in [0.15, 0.2) is 33.9 Å². The Morgan fingerprint density at radius 1 is 1.21 bits per heavy atom. The summed E-state index contributed by atoms with van der Waals surface area (Å²) in [6, 6.07) is 7.47. The summed E-state index contributed by atoms with van der Waals surface area (Å²) in [6.07, 6.45) is 1.73. The summed E-state index contributed by atoms with van der Waals surface area (Å²) >= 11 is 1.51. The molecular weight excluding hydrogens is 264 g/mol. The lowest BCUT2D eigenvalue weighted by Crippen LogP contribution is -1.85. The highest BCUT2D eigenvalue weighted by molar-refractivity contribution is 7.99. The lowest BCUT2D eigenvalue weighted by molar-refractivity contribution is 0.287. The lowest BCUT2D eigenvalue weighted by Gasteiger charge is -1.99. The maximum atomic E-state index is 8.69. The van der Waals surface area contributed by atoms with E-state index < -0.39 is 0 Å². The number of ether oxygens (including phenoxy) is 1. The third kappa shape index (κ3) is 3.97. The molecule has 0 saturated heterocycles. The van der Waals surface area contributed by atoms with Crippen molar-refractivity contribution in [3.63, 3.8) is 0 Å². The van der Waals surface area contributed by atoms with Gasteiger partial charge in [0.2, 0.25) is 5.89 Å². The Kier molecular flexibility index (Phi) is 5.23. The fourth-order valence-electron chi connectivity index (χ4n) is 1.49. The maximum absolute atomic E-state index is 8.69. The number of unbranched alkanes of at least 4 members (excludes halogenated alkanes) is 1. The van der Waals surface area contributed by atoms with Crippen molar-refractivity contribution in [3.05, 3.63) is 24.3 Å². The Hall–Kier alpha value is -1.53. The molecule has 0 aliphatic heterocycles. The monoisotopic (exact) mass is 280 g/mol. The van der Waals surface area contributed by atoms with Crippen LogP contribution in [0.3, 0.4) is 0 Å². The van der Waals surface area contributed by atoms with E-state index in [1.807, 2.05) is 24.3 Å². The van der Waals surface area contributed by atoms with E-state index >= 15 is 0 Å². The molecule has 0 amide bonds. The Balaban J connectivity index is 1.95. The third-order valence-corrected chi connectivity index (χ3v) is 3.43. The van der Waals surface area contributed by atoms with Crippen LogP contribution >= 0.6 is 11.8 Å². The van der Waals surface area contributed by atoms with E-state index in [9.17, 15) is 0 Å².